The summed E-state index contributed by atoms with van der Waals surface area (Å²) in [4.78, 5) is 4.37. The Labute approximate surface area is 128 Å². The molecule has 1 aromatic carbocycles. The fourth-order valence-electron chi connectivity index (χ4n) is 2.53. The molecule has 2 heterocycles. The molecule has 4 nitrogen and oxygen atoms in total. The summed E-state index contributed by atoms with van der Waals surface area (Å²) in [5.41, 5.74) is 3.28. The minimum absolute atomic E-state index is 0.0921. The topological polar surface area (TPSA) is 46.5 Å². The lowest BCUT2D eigenvalue weighted by Gasteiger charge is -2.17. The molecule has 0 amide bonds. The van der Waals surface area contributed by atoms with Crippen LogP contribution in [0.4, 0.5) is 0 Å². The van der Waals surface area contributed by atoms with Crippen molar-refractivity contribution in [3.8, 4) is 11.5 Å². The molecule has 0 aliphatic carbocycles. The van der Waals surface area contributed by atoms with Crippen LogP contribution in [0.2, 0.25) is 0 Å². The van der Waals surface area contributed by atoms with E-state index in [-0.39, 0.29) is 6.04 Å². The minimum atomic E-state index is 0.0921. The van der Waals surface area contributed by atoms with Crippen molar-refractivity contribution in [2.45, 2.75) is 19.9 Å². The number of aryl methyl sites for hydroxylation is 1. The van der Waals surface area contributed by atoms with Gasteiger partial charge in [-0.25, -0.2) is 0 Å². The summed E-state index contributed by atoms with van der Waals surface area (Å²) < 4.78 is 2.62. The molecule has 0 radical (unpaired) electrons. The molecule has 3 rings (SSSR count). The number of benzene rings is 1. The highest BCUT2D eigenvalue weighted by atomic mass is 32.1. The Balaban J connectivity index is 2.14. The fourth-order valence-corrected chi connectivity index (χ4v) is 2.82. The molecule has 0 aliphatic rings. The second-order valence-corrected chi connectivity index (χ2v) is 5.36. The van der Waals surface area contributed by atoms with Gasteiger partial charge in [0.2, 0.25) is 0 Å². The summed E-state index contributed by atoms with van der Waals surface area (Å²) in [5.74, 6) is 0.761. The van der Waals surface area contributed by atoms with Crippen molar-refractivity contribution in [2.75, 3.05) is 0 Å². The van der Waals surface area contributed by atoms with Crippen LogP contribution in [0.15, 0.2) is 48.7 Å². The van der Waals surface area contributed by atoms with Gasteiger partial charge < -0.3 is 0 Å². The molecule has 3 aromatic rings. The molecule has 1 N–H and O–H groups in total. The van der Waals surface area contributed by atoms with Gasteiger partial charge in [-0.15, -0.1) is 0 Å². The van der Waals surface area contributed by atoms with Crippen molar-refractivity contribution in [3.63, 3.8) is 0 Å². The first-order valence-corrected chi connectivity index (χ1v) is 7.23. The number of nitrogens with zero attached hydrogens (tertiary/aromatic N) is 3. The zero-order valence-electron chi connectivity index (χ0n) is 11.9. The van der Waals surface area contributed by atoms with Crippen molar-refractivity contribution in [1.29, 1.82) is 0 Å². The van der Waals surface area contributed by atoms with Gasteiger partial charge in [0.25, 0.3) is 0 Å². The normalized spacial score (nSPS) is 12.3. The van der Waals surface area contributed by atoms with Crippen LogP contribution in [0.3, 0.4) is 0 Å². The van der Waals surface area contributed by atoms with E-state index in [4.69, 9.17) is 12.2 Å². The van der Waals surface area contributed by atoms with Crippen molar-refractivity contribution < 1.29 is 0 Å². The monoisotopic (exact) mass is 296 g/mol. The first kappa shape index (κ1) is 13.7. The predicted molar refractivity (Wildman–Crippen MR) is 85.6 cm³/mol. The van der Waals surface area contributed by atoms with Crippen molar-refractivity contribution in [3.05, 3.63) is 64.6 Å². The van der Waals surface area contributed by atoms with E-state index < -0.39 is 0 Å². The van der Waals surface area contributed by atoms with Crippen LogP contribution in [0.25, 0.3) is 11.5 Å². The lowest BCUT2D eigenvalue weighted by molar-refractivity contribution is 0.630. The van der Waals surface area contributed by atoms with Crippen LogP contribution >= 0.6 is 12.2 Å². The molecular weight excluding hydrogens is 280 g/mol. The third-order valence-corrected chi connectivity index (χ3v) is 3.91. The van der Waals surface area contributed by atoms with Gasteiger partial charge in [-0.1, -0.05) is 30.3 Å². The zero-order chi connectivity index (χ0) is 14.8. The SMILES string of the molecule is Cc1ccccc1C(C)n1c(-c2ccccn2)n[nH]c1=S. The van der Waals surface area contributed by atoms with Crippen molar-refractivity contribution in [2.24, 2.45) is 0 Å². The number of pyridine rings is 1. The van der Waals surface area contributed by atoms with Gasteiger partial charge in [-0.05, 0) is 49.3 Å². The van der Waals surface area contributed by atoms with Gasteiger partial charge in [0.05, 0.1) is 6.04 Å². The largest absolute Gasteiger partial charge is 0.291 e. The van der Waals surface area contributed by atoms with Crippen LogP contribution in [-0.4, -0.2) is 19.7 Å². The molecule has 0 fully saturated rings. The number of hydrogen-bond donors (Lipinski definition) is 1. The Hall–Kier alpha value is -2.27. The molecule has 1 atom stereocenters. The van der Waals surface area contributed by atoms with Crippen LogP contribution in [0.1, 0.15) is 24.1 Å². The summed E-state index contributed by atoms with van der Waals surface area (Å²) in [6, 6.07) is 14.2. The second kappa shape index (κ2) is 5.61. The van der Waals surface area contributed by atoms with Gasteiger partial charge in [-0.3, -0.25) is 14.6 Å². The van der Waals surface area contributed by atoms with Gasteiger partial charge >= 0.3 is 0 Å². The fraction of sp³-hybridized carbons (Fsp3) is 0.188. The van der Waals surface area contributed by atoms with Crippen LogP contribution in [-0.2, 0) is 0 Å². The van der Waals surface area contributed by atoms with E-state index in [1.54, 1.807) is 6.20 Å². The highest BCUT2D eigenvalue weighted by Gasteiger charge is 2.17. The first-order valence-electron chi connectivity index (χ1n) is 6.82. The zero-order valence-corrected chi connectivity index (χ0v) is 12.8. The molecule has 21 heavy (non-hydrogen) atoms. The molecule has 106 valence electrons. The summed E-state index contributed by atoms with van der Waals surface area (Å²) in [6.45, 7) is 4.23. The van der Waals surface area contributed by atoms with E-state index in [0.29, 0.717) is 4.77 Å². The Morgan fingerprint density at radius 2 is 1.90 bits per heavy atom. The van der Waals surface area contributed by atoms with E-state index >= 15 is 0 Å². The molecule has 0 saturated carbocycles. The van der Waals surface area contributed by atoms with Crippen LogP contribution in [0, 0.1) is 11.7 Å². The van der Waals surface area contributed by atoms with E-state index in [1.807, 2.05) is 34.9 Å². The standard InChI is InChI=1S/C16H16N4S/c1-11-7-3-4-8-13(11)12(2)20-15(18-19-16(20)21)14-9-5-6-10-17-14/h3-10,12H,1-2H3,(H,19,21). The van der Waals surface area contributed by atoms with Crippen LogP contribution < -0.4 is 0 Å². The predicted octanol–water partition coefficient (Wildman–Crippen LogP) is 3.92. The Morgan fingerprint density at radius 3 is 2.62 bits per heavy atom. The third-order valence-electron chi connectivity index (χ3n) is 3.62. The maximum atomic E-state index is 5.41. The second-order valence-electron chi connectivity index (χ2n) is 4.97. The van der Waals surface area contributed by atoms with Crippen molar-refractivity contribution in [1.82, 2.24) is 19.7 Å². The number of H-pyrrole nitrogens is 1. The maximum Gasteiger partial charge on any atom is 0.196 e. The highest BCUT2D eigenvalue weighted by Crippen LogP contribution is 2.26. The molecule has 0 saturated heterocycles. The number of aromatic amines is 1. The van der Waals surface area contributed by atoms with E-state index in [0.717, 1.165) is 11.5 Å². The van der Waals surface area contributed by atoms with Crippen molar-refractivity contribution >= 4 is 12.2 Å². The quantitative estimate of drug-likeness (QED) is 0.745. The maximum absolute atomic E-state index is 5.41. The molecule has 0 bridgehead atoms. The number of aromatic nitrogens is 4. The molecular formula is C16H16N4S. The van der Waals surface area contributed by atoms with Crippen LogP contribution in [0.5, 0.6) is 0 Å². The smallest absolute Gasteiger partial charge is 0.196 e. The van der Waals surface area contributed by atoms with E-state index in [9.17, 15) is 0 Å². The minimum Gasteiger partial charge on any atom is -0.291 e. The number of nitrogens with one attached hydrogen (secondary N) is 1. The third kappa shape index (κ3) is 2.52. The summed E-state index contributed by atoms with van der Waals surface area (Å²) >= 11 is 5.41. The van der Waals surface area contributed by atoms with Gasteiger partial charge in [-0.2, -0.15) is 5.10 Å². The molecule has 5 heteroatoms. The summed E-state index contributed by atoms with van der Waals surface area (Å²) in [7, 11) is 0. The van der Waals surface area contributed by atoms with E-state index in [2.05, 4.69) is 41.2 Å². The first-order chi connectivity index (χ1) is 10.2. The Kier molecular flexibility index (Phi) is 3.66. The van der Waals surface area contributed by atoms with Gasteiger partial charge in [0.15, 0.2) is 10.6 Å². The van der Waals surface area contributed by atoms with E-state index in [1.165, 1.54) is 11.1 Å². The highest BCUT2D eigenvalue weighted by molar-refractivity contribution is 7.71. The number of hydrogen-bond acceptors (Lipinski definition) is 3. The average molecular weight is 296 g/mol. The summed E-state index contributed by atoms with van der Waals surface area (Å²) in [5, 5.41) is 7.23. The average Bonchev–Trinajstić information content (AvgIpc) is 2.90. The van der Waals surface area contributed by atoms with Gasteiger partial charge in [0.1, 0.15) is 5.69 Å². The molecule has 0 aliphatic heterocycles. The lowest BCUT2D eigenvalue weighted by atomic mass is 10.0. The number of rotatable bonds is 3. The Morgan fingerprint density at radius 1 is 1.14 bits per heavy atom. The van der Waals surface area contributed by atoms with Gasteiger partial charge in [0, 0.05) is 6.20 Å². The Bertz CT molecular complexity index is 804. The lowest BCUT2D eigenvalue weighted by Crippen LogP contribution is -2.10. The molecule has 2 aromatic heterocycles. The molecule has 0 spiro atoms. The summed E-state index contributed by atoms with van der Waals surface area (Å²) in [6.07, 6.45) is 1.76. The molecule has 1 unspecified atom stereocenters.